The van der Waals surface area contributed by atoms with Gasteiger partial charge >= 0.3 is 0 Å². The summed E-state index contributed by atoms with van der Waals surface area (Å²) in [5, 5.41) is 1.03. The zero-order valence-electron chi connectivity index (χ0n) is 8.69. The summed E-state index contributed by atoms with van der Waals surface area (Å²) >= 11 is 11.8. The highest BCUT2D eigenvalue weighted by Gasteiger charge is 2.14. The van der Waals surface area contributed by atoms with Crippen LogP contribution in [0.15, 0.2) is 30.6 Å². The Morgan fingerprint density at radius 3 is 2.62 bits per heavy atom. The summed E-state index contributed by atoms with van der Waals surface area (Å²) < 4.78 is 1.88. The van der Waals surface area contributed by atoms with E-state index in [1.807, 2.05) is 23.9 Å². The Hall–Kier alpha value is -1.03. The van der Waals surface area contributed by atoms with Crippen LogP contribution in [0.4, 0.5) is 0 Å². The Bertz CT molecular complexity index is 508. The van der Waals surface area contributed by atoms with Crippen LogP contribution in [0.25, 0.3) is 0 Å². The van der Waals surface area contributed by atoms with Crippen molar-refractivity contribution in [2.45, 2.75) is 6.04 Å². The fraction of sp³-hybridized carbons (Fsp3) is 0.182. The predicted molar refractivity (Wildman–Crippen MR) is 65.7 cm³/mol. The summed E-state index contributed by atoms with van der Waals surface area (Å²) in [5.74, 6) is 0.790. The molecule has 3 nitrogen and oxygen atoms in total. The molecule has 0 amide bonds. The van der Waals surface area contributed by atoms with Gasteiger partial charge in [-0.05, 0) is 17.7 Å². The fourth-order valence-corrected chi connectivity index (χ4v) is 1.84. The summed E-state index contributed by atoms with van der Waals surface area (Å²) in [7, 11) is 1.90. The average molecular weight is 256 g/mol. The molecule has 2 N–H and O–H groups in total. The van der Waals surface area contributed by atoms with Crippen LogP contribution < -0.4 is 5.73 Å². The van der Waals surface area contributed by atoms with E-state index in [4.69, 9.17) is 28.9 Å². The second-order valence-corrected chi connectivity index (χ2v) is 4.36. The normalized spacial score (nSPS) is 12.8. The topological polar surface area (TPSA) is 43.8 Å². The van der Waals surface area contributed by atoms with E-state index in [-0.39, 0.29) is 6.04 Å². The van der Waals surface area contributed by atoms with Gasteiger partial charge in [0.2, 0.25) is 0 Å². The van der Waals surface area contributed by atoms with Crippen LogP contribution in [0, 0.1) is 0 Å². The number of hydrogen-bond donors (Lipinski definition) is 1. The number of halogens is 2. The minimum absolute atomic E-state index is 0.297. The van der Waals surface area contributed by atoms with Crippen LogP contribution in [-0.4, -0.2) is 9.55 Å². The van der Waals surface area contributed by atoms with Gasteiger partial charge in [-0.2, -0.15) is 0 Å². The zero-order chi connectivity index (χ0) is 11.7. The van der Waals surface area contributed by atoms with E-state index in [1.165, 1.54) is 0 Å². The maximum Gasteiger partial charge on any atom is 0.129 e. The highest BCUT2D eigenvalue weighted by Crippen LogP contribution is 2.26. The number of nitrogens with two attached hydrogens (primary N) is 1. The van der Waals surface area contributed by atoms with Crippen molar-refractivity contribution < 1.29 is 0 Å². The summed E-state index contributed by atoms with van der Waals surface area (Å²) in [6.45, 7) is 0. The molecule has 1 aromatic carbocycles. The number of nitrogens with zero attached hydrogens (tertiary/aromatic N) is 2. The molecule has 0 aliphatic rings. The molecule has 1 aromatic heterocycles. The molecule has 0 fully saturated rings. The summed E-state index contributed by atoms with van der Waals surface area (Å²) in [4.78, 5) is 4.21. The van der Waals surface area contributed by atoms with Crippen molar-refractivity contribution in [1.29, 1.82) is 0 Å². The predicted octanol–water partition coefficient (Wildman–Crippen LogP) is 2.78. The van der Waals surface area contributed by atoms with Gasteiger partial charge in [0.25, 0.3) is 0 Å². The molecule has 1 heterocycles. The molecule has 5 heteroatoms. The van der Waals surface area contributed by atoms with E-state index in [0.717, 1.165) is 11.4 Å². The van der Waals surface area contributed by atoms with Gasteiger partial charge in [0, 0.05) is 19.4 Å². The van der Waals surface area contributed by atoms with E-state index < -0.39 is 0 Å². The molecule has 1 atom stereocenters. The summed E-state index contributed by atoms with van der Waals surface area (Å²) in [5.41, 5.74) is 6.99. The van der Waals surface area contributed by atoms with Gasteiger partial charge in [-0.25, -0.2) is 4.98 Å². The first-order chi connectivity index (χ1) is 7.59. The van der Waals surface area contributed by atoms with Crippen LogP contribution in [-0.2, 0) is 7.05 Å². The number of rotatable bonds is 2. The molecule has 0 bridgehead atoms. The van der Waals surface area contributed by atoms with E-state index in [9.17, 15) is 0 Å². The lowest BCUT2D eigenvalue weighted by Gasteiger charge is -2.12. The van der Waals surface area contributed by atoms with Gasteiger partial charge in [-0.1, -0.05) is 29.3 Å². The molecular weight excluding hydrogens is 245 g/mol. The SMILES string of the molecule is Cn1ccnc1[C@@H](N)c1ccc(Cl)c(Cl)c1. The smallest absolute Gasteiger partial charge is 0.129 e. The van der Waals surface area contributed by atoms with Crippen LogP contribution in [0.5, 0.6) is 0 Å². The molecular formula is C11H11Cl2N3. The van der Waals surface area contributed by atoms with Crippen molar-refractivity contribution >= 4 is 23.2 Å². The third kappa shape index (κ3) is 2.07. The first kappa shape index (κ1) is 11.5. The monoisotopic (exact) mass is 255 g/mol. The molecule has 2 aromatic rings. The molecule has 0 radical (unpaired) electrons. The number of imidazole rings is 1. The van der Waals surface area contributed by atoms with Crippen LogP contribution in [0.1, 0.15) is 17.4 Å². The number of aromatic nitrogens is 2. The molecule has 0 aliphatic carbocycles. The van der Waals surface area contributed by atoms with E-state index in [2.05, 4.69) is 4.98 Å². The maximum absolute atomic E-state index is 6.10. The lowest BCUT2D eigenvalue weighted by atomic mass is 10.1. The minimum atomic E-state index is -0.297. The van der Waals surface area contributed by atoms with Crippen molar-refractivity contribution in [1.82, 2.24) is 9.55 Å². The van der Waals surface area contributed by atoms with Crippen LogP contribution in [0.2, 0.25) is 10.0 Å². The van der Waals surface area contributed by atoms with Crippen molar-refractivity contribution in [2.24, 2.45) is 12.8 Å². The lowest BCUT2D eigenvalue weighted by molar-refractivity contribution is 0.717. The van der Waals surface area contributed by atoms with Crippen molar-refractivity contribution in [3.8, 4) is 0 Å². The molecule has 0 saturated heterocycles. The lowest BCUT2D eigenvalue weighted by Crippen LogP contribution is -2.16. The molecule has 84 valence electrons. The van der Waals surface area contributed by atoms with Crippen molar-refractivity contribution in [3.05, 3.63) is 52.0 Å². The highest BCUT2D eigenvalue weighted by atomic mass is 35.5. The van der Waals surface area contributed by atoms with Gasteiger partial charge in [0.05, 0.1) is 16.1 Å². The Morgan fingerprint density at radius 2 is 2.06 bits per heavy atom. The van der Waals surface area contributed by atoms with E-state index >= 15 is 0 Å². The molecule has 0 aliphatic heterocycles. The van der Waals surface area contributed by atoms with Crippen molar-refractivity contribution in [3.63, 3.8) is 0 Å². The molecule has 16 heavy (non-hydrogen) atoms. The van der Waals surface area contributed by atoms with E-state index in [1.54, 1.807) is 18.3 Å². The van der Waals surface area contributed by atoms with Gasteiger partial charge in [-0.3, -0.25) is 0 Å². The molecule has 0 spiro atoms. The number of hydrogen-bond acceptors (Lipinski definition) is 2. The zero-order valence-corrected chi connectivity index (χ0v) is 10.2. The standard InChI is InChI=1S/C11H11Cl2N3/c1-16-5-4-15-11(16)10(14)7-2-3-8(12)9(13)6-7/h2-6,10H,14H2,1H3/t10-/m0/s1. The average Bonchev–Trinajstić information content (AvgIpc) is 2.67. The molecule has 0 saturated carbocycles. The third-order valence-electron chi connectivity index (χ3n) is 2.44. The van der Waals surface area contributed by atoms with Gasteiger partial charge < -0.3 is 10.3 Å². The van der Waals surface area contributed by atoms with Gasteiger partial charge in [0.15, 0.2) is 0 Å². The fourth-order valence-electron chi connectivity index (χ4n) is 1.53. The summed E-state index contributed by atoms with van der Waals surface area (Å²) in [6, 6.07) is 5.06. The van der Waals surface area contributed by atoms with Crippen molar-refractivity contribution in [2.75, 3.05) is 0 Å². The minimum Gasteiger partial charge on any atom is -0.336 e. The van der Waals surface area contributed by atoms with E-state index in [0.29, 0.717) is 10.0 Å². The van der Waals surface area contributed by atoms with Crippen LogP contribution >= 0.6 is 23.2 Å². The first-order valence-electron chi connectivity index (χ1n) is 4.77. The number of aryl methyl sites for hydroxylation is 1. The largest absolute Gasteiger partial charge is 0.336 e. The molecule has 2 rings (SSSR count). The van der Waals surface area contributed by atoms with Gasteiger partial charge in [-0.15, -0.1) is 0 Å². The third-order valence-corrected chi connectivity index (χ3v) is 3.18. The van der Waals surface area contributed by atoms with Gasteiger partial charge in [0.1, 0.15) is 5.82 Å². The second-order valence-electron chi connectivity index (χ2n) is 3.55. The molecule has 0 unspecified atom stereocenters. The quantitative estimate of drug-likeness (QED) is 0.897. The highest BCUT2D eigenvalue weighted by molar-refractivity contribution is 6.42. The Morgan fingerprint density at radius 1 is 1.31 bits per heavy atom. The van der Waals surface area contributed by atoms with Crippen LogP contribution in [0.3, 0.4) is 0 Å². The summed E-state index contributed by atoms with van der Waals surface area (Å²) in [6.07, 6.45) is 3.57. The maximum atomic E-state index is 6.10. The first-order valence-corrected chi connectivity index (χ1v) is 5.53. The Balaban J connectivity index is 2.38. The Labute approximate surface area is 104 Å². The number of benzene rings is 1. The second kappa shape index (κ2) is 4.45. The Kier molecular flexibility index (Phi) is 3.19.